The highest BCUT2D eigenvalue weighted by molar-refractivity contribution is 5.81. The number of benzene rings is 1. The van der Waals surface area contributed by atoms with Crippen LogP contribution in [-0.4, -0.2) is 57.9 Å². The second-order valence-electron chi connectivity index (χ2n) is 6.64. The fourth-order valence-corrected chi connectivity index (χ4v) is 3.29. The molecule has 9 nitrogen and oxygen atoms in total. The van der Waals surface area contributed by atoms with Gasteiger partial charge in [-0.25, -0.2) is 4.68 Å². The minimum atomic E-state index is -0.258. The Kier molecular flexibility index (Phi) is 6.12. The topological polar surface area (TPSA) is 123 Å². The molecular formula is C18H24N6O3. The minimum Gasteiger partial charge on any atom is -0.355 e. The van der Waals surface area contributed by atoms with Crippen LogP contribution in [0.4, 0.5) is 0 Å². The molecule has 0 saturated carbocycles. The Labute approximate surface area is 156 Å². The van der Waals surface area contributed by atoms with E-state index in [1.165, 1.54) is 4.68 Å². The Hall–Kier alpha value is -2.81. The molecule has 0 bridgehead atoms. The molecule has 2 amide bonds. The van der Waals surface area contributed by atoms with Crippen molar-refractivity contribution >= 4 is 22.7 Å². The fraction of sp³-hybridized carbons (Fsp3) is 0.500. The van der Waals surface area contributed by atoms with Crippen LogP contribution >= 0.6 is 0 Å². The third-order valence-electron chi connectivity index (χ3n) is 4.76. The Bertz CT molecular complexity index is 881. The zero-order chi connectivity index (χ0) is 19.2. The molecule has 1 unspecified atom stereocenters. The predicted octanol–water partition coefficient (Wildman–Crippen LogP) is -0.505. The van der Waals surface area contributed by atoms with Crippen LogP contribution < -0.4 is 16.6 Å². The van der Waals surface area contributed by atoms with E-state index in [4.69, 9.17) is 5.73 Å². The molecule has 1 atom stereocenters. The van der Waals surface area contributed by atoms with Crippen molar-refractivity contribution in [3.63, 3.8) is 0 Å². The van der Waals surface area contributed by atoms with Gasteiger partial charge in [0.1, 0.15) is 5.52 Å². The maximum absolute atomic E-state index is 12.5. The number of hydrogen-bond donors (Lipinski definition) is 2. The summed E-state index contributed by atoms with van der Waals surface area (Å²) < 4.78 is 1.22. The van der Waals surface area contributed by atoms with Crippen molar-refractivity contribution in [2.75, 3.05) is 26.2 Å². The smallest absolute Gasteiger partial charge is 0.277 e. The zero-order valence-corrected chi connectivity index (χ0v) is 15.1. The Morgan fingerprint density at radius 1 is 1.30 bits per heavy atom. The van der Waals surface area contributed by atoms with Crippen molar-refractivity contribution < 1.29 is 9.59 Å². The number of fused-ring (bicyclic) bond motifs is 1. The van der Waals surface area contributed by atoms with Crippen LogP contribution in [0.5, 0.6) is 0 Å². The summed E-state index contributed by atoms with van der Waals surface area (Å²) >= 11 is 0. The van der Waals surface area contributed by atoms with E-state index in [0.717, 1.165) is 12.8 Å². The lowest BCUT2D eigenvalue weighted by molar-refractivity contribution is -0.135. The number of likely N-dealkylation sites (tertiary alicyclic amines) is 1. The largest absolute Gasteiger partial charge is 0.355 e. The number of nitrogens with two attached hydrogens (primary N) is 1. The first kappa shape index (κ1) is 19.0. The highest BCUT2D eigenvalue weighted by atomic mass is 16.2. The highest BCUT2D eigenvalue weighted by Gasteiger charge is 2.28. The molecule has 1 aliphatic rings. The molecule has 0 spiro atoms. The number of rotatable bonds is 6. The van der Waals surface area contributed by atoms with Crippen molar-refractivity contribution in [1.29, 1.82) is 0 Å². The summed E-state index contributed by atoms with van der Waals surface area (Å²) in [5, 5.41) is 11.2. The van der Waals surface area contributed by atoms with E-state index < -0.39 is 0 Å². The van der Waals surface area contributed by atoms with Crippen molar-refractivity contribution in [2.45, 2.75) is 25.8 Å². The minimum absolute atomic E-state index is 0.0606. The van der Waals surface area contributed by atoms with Gasteiger partial charge in [-0.05, 0) is 25.0 Å². The Morgan fingerprint density at radius 3 is 2.93 bits per heavy atom. The van der Waals surface area contributed by atoms with Gasteiger partial charge in [-0.3, -0.25) is 14.4 Å². The van der Waals surface area contributed by atoms with Gasteiger partial charge < -0.3 is 16.0 Å². The molecular weight excluding hydrogens is 348 g/mol. The SMILES string of the molecule is NCCNC(=O)C1CCCN(C(=O)CCn2nnc3ccccc3c2=O)C1. The van der Waals surface area contributed by atoms with Crippen LogP contribution in [0.2, 0.25) is 0 Å². The van der Waals surface area contributed by atoms with Gasteiger partial charge in [-0.2, -0.15) is 0 Å². The van der Waals surface area contributed by atoms with Gasteiger partial charge in [0.2, 0.25) is 11.8 Å². The normalized spacial score (nSPS) is 17.1. The van der Waals surface area contributed by atoms with Crippen LogP contribution in [0.3, 0.4) is 0 Å². The second kappa shape index (κ2) is 8.72. The summed E-state index contributed by atoms with van der Waals surface area (Å²) in [6.07, 6.45) is 1.68. The quantitative estimate of drug-likeness (QED) is 0.704. The molecule has 1 aromatic carbocycles. The van der Waals surface area contributed by atoms with Crippen LogP contribution in [0.1, 0.15) is 19.3 Å². The van der Waals surface area contributed by atoms with Crippen molar-refractivity contribution in [1.82, 2.24) is 25.2 Å². The molecule has 1 fully saturated rings. The van der Waals surface area contributed by atoms with E-state index >= 15 is 0 Å². The summed E-state index contributed by atoms with van der Waals surface area (Å²) in [7, 11) is 0. The third kappa shape index (κ3) is 4.48. The van der Waals surface area contributed by atoms with Crippen molar-refractivity contribution in [3.8, 4) is 0 Å². The predicted molar refractivity (Wildman–Crippen MR) is 99.8 cm³/mol. The lowest BCUT2D eigenvalue weighted by Gasteiger charge is -2.32. The molecule has 9 heteroatoms. The molecule has 0 aliphatic carbocycles. The summed E-state index contributed by atoms with van der Waals surface area (Å²) in [6, 6.07) is 6.98. The van der Waals surface area contributed by atoms with Gasteiger partial charge in [0.05, 0.1) is 17.8 Å². The highest BCUT2D eigenvalue weighted by Crippen LogP contribution is 2.17. The number of hydrogen-bond acceptors (Lipinski definition) is 6. The van der Waals surface area contributed by atoms with Gasteiger partial charge in [0.15, 0.2) is 0 Å². The number of nitrogens with zero attached hydrogens (tertiary/aromatic N) is 4. The van der Waals surface area contributed by atoms with Crippen LogP contribution in [0, 0.1) is 5.92 Å². The van der Waals surface area contributed by atoms with Gasteiger partial charge in [-0.1, -0.05) is 17.3 Å². The van der Waals surface area contributed by atoms with Gasteiger partial charge in [-0.15, -0.1) is 5.10 Å². The summed E-state index contributed by atoms with van der Waals surface area (Å²) in [5.41, 5.74) is 5.68. The molecule has 3 N–H and O–H groups in total. The third-order valence-corrected chi connectivity index (χ3v) is 4.76. The first-order valence-electron chi connectivity index (χ1n) is 9.18. The molecule has 3 rings (SSSR count). The van der Waals surface area contributed by atoms with Crippen LogP contribution in [0.15, 0.2) is 29.1 Å². The maximum atomic E-state index is 12.5. The van der Waals surface area contributed by atoms with E-state index in [1.54, 1.807) is 29.2 Å². The standard InChI is InChI=1S/C18H24N6O3/c19-8-9-20-17(26)13-4-3-10-23(12-13)16(25)7-11-24-18(27)14-5-1-2-6-15(14)21-22-24/h1-2,5-6,13H,3-4,7-12,19H2,(H,20,26). The molecule has 2 aromatic rings. The monoisotopic (exact) mass is 372 g/mol. The number of aryl methyl sites for hydroxylation is 1. The molecule has 2 heterocycles. The summed E-state index contributed by atoms with van der Waals surface area (Å²) in [5.74, 6) is -0.361. The second-order valence-corrected chi connectivity index (χ2v) is 6.64. The first-order valence-corrected chi connectivity index (χ1v) is 9.18. The van der Waals surface area contributed by atoms with Crippen molar-refractivity contribution in [3.05, 3.63) is 34.6 Å². The molecule has 1 aromatic heterocycles. The molecule has 1 aliphatic heterocycles. The van der Waals surface area contributed by atoms with Gasteiger partial charge >= 0.3 is 0 Å². The Balaban J connectivity index is 1.60. The first-order chi connectivity index (χ1) is 13.1. The van der Waals surface area contributed by atoms with Gasteiger partial charge in [0, 0.05) is 32.6 Å². The number of carbonyl (C=O) groups is 2. The Morgan fingerprint density at radius 2 is 2.11 bits per heavy atom. The van der Waals surface area contributed by atoms with E-state index in [-0.39, 0.29) is 36.3 Å². The van der Waals surface area contributed by atoms with E-state index in [9.17, 15) is 14.4 Å². The van der Waals surface area contributed by atoms with Crippen molar-refractivity contribution in [2.24, 2.45) is 11.7 Å². The number of aromatic nitrogens is 3. The maximum Gasteiger partial charge on any atom is 0.277 e. The molecule has 144 valence electrons. The average molecular weight is 372 g/mol. The fourth-order valence-electron chi connectivity index (χ4n) is 3.29. The summed E-state index contributed by atoms with van der Waals surface area (Å²) in [4.78, 5) is 38.8. The summed E-state index contributed by atoms with van der Waals surface area (Å²) in [6.45, 7) is 2.01. The molecule has 27 heavy (non-hydrogen) atoms. The van der Waals surface area contributed by atoms with Crippen LogP contribution in [0.25, 0.3) is 10.9 Å². The molecule has 1 saturated heterocycles. The lowest BCUT2D eigenvalue weighted by Crippen LogP contribution is -2.46. The number of piperidine rings is 1. The number of amides is 2. The average Bonchev–Trinajstić information content (AvgIpc) is 2.71. The van der Waals surface area contributed by atoms with Gasteiger partial charge in [0.25, 0.3) is 5.56 Å². The lowest BCUT2D eigenvalue weighted by atomic mass is 9.97. The number of carbonyl (C=O) groups excluding carboxylic acids is 2. The number of nitrogens with one attached hydrogen (secondary N) is 1. The molecule has 0 radical (unpaired) electrons. The van der Waals surface area contributed by atoms with E-state index in [0.29, 0.717) is 37.1 Å². The van der Waals surface area contributed by atoms with E-state index in [2.05, 4.69) is 15.6 Å². The zero-order valence-electron chi connectivity index (χ0n) is 15.1. The van der Waals surface area contributed by atoms with E-state index in [1.807, 2.05) is 0 Å². The van der Waals surface area contributed by atoms with Crippen LogP contribution in [-0.2, 0) is 16.1 Å².